The fraction of sp³-hybridized carbons (Fsp3) is 0.842. The van der Waals surface area contributed by atoms with Crippen molar-refractivity contribution in [1.82, 2.24) is 0 Å². The Kier molecular flexibility index (Phi) is 9.23. The highest BCUT2D eigenvalue weighted by Gasteiger charge is 2.84. The number of Topliss-reactive ketones (excluding diaryl/α,β-unsaturated/α-hetero) is 1. The second-order valence-electron chi connectivity index (χ2n) is 17.5. The maximum Gasteiger partial charge on any atom is 0.336 e. The predicted octanol–water partition coefficient (Wildman–Crippen LogP) is -0.528. The van der Waals surface area contributed by atoms with Gasteiger partial charge in [0.2, 0.25) is 0 Å². The Morgan fingerprint density at radius 2 is 1.65 bits per heavy atom. The van der Waals surface area contributed by atoms with Crippen molar-refractivity contribution in [2.24, 2.45) is 40.4 Å². The molecule has 8 aliphatic rings. The number of fused-ring (bicyclic) bond motifs is 9. The van der Waals surface area contributed by atoms with Crippen LogP contribution in [0, 0.1) is 40.4 Å². The van der Waals surface area contributed by atoms with Crippen molar-refractivity contribution in [3.63, 3.8) is 0 Å². The molecule has 0 aromatic carbocycles. The summed E-state index contributed by atoms with van der Waals surface area (Å²) in [4.78, 5) is 53.2. The number of aliphatic hydroxyl groups is 5. The van der Waals surface area contributed by atoms with E-state index in [1.807, 2.05) is 20.8 Å². The lowest BCUT2D eigenvalue weighted by molar-refractivity contribution is -0.299. The molecule has 20 atom stereocenters. The Morgan fingerprint density at radius 3 is 2.30 bits per heavy atom. The normalized spacial score (nSPS) is 52.1. The van der Waals surface area contributed by atoms with Gasteiger partial charge in [0.1, 0.15) is 66.3 Å². The first-order chi connectivity index (χ1) is 25.4. The summed E-state index contributed by atoms with van der Waals surface area (Å²) in [5, 5.41) is 52.6. The van der Waals surface area contributed by atoms with Gasteiger partial charge in [-0.15, -0.1) is 0 Å². The molecule has 8 rings (SSSR count). The van der Waals surface area contributed by atoms with Gasteiger partial charge >= 0.3 is 17.9 Å². The van der Waals surface area contributed by atoms with Crippen molar-refractivity contribution in [2.75, 3.05) is 13.2 Å². The van der Waals surface area contributed by atoms with Gasteiger partial charge in [-0.25, -0.2) is 4.79 Å². The zero-order valence-corrected chi connectivity index (χ0v) is 31.3. The molecule has 4 aliphatic carbocycles. The second-order valence-corrected chi connectivity index (χ2v) is 17.5. The highest BCUT2D eigenvalue weighted by molar-refractivity contribution is 5.91. The number of hydrogen-bond acceptors (Lipinski definition) is 16. The molecule has 7 fully saturated rings. The van der Waals surface area contributed by atoms with Gasteiger partial charge in [0.15, 0.2) is 6.29 Å². The lowest BCUT2D eigenvalue weighted by Gasteiger charge is -2.63. The number of hydrogen-bond donors (Lipinski definition) is 5. The van der Waals surface area contributed by atoms with Gasteiger partial charge in [0, 0.05) is 55.8 Å². The van der Waals surface area contributed by atoms with Crippen molar-refractivity contribution in [2.45, 2.75) is 146 Å². The van der Waals surface area contributed by atoms with Crippen molar-refractivity contribution in [1.29, 1.82) is 0 Å². The molecule has 5 N–H and O–H groups in total. The van der Waals surface area contributed by atoms with E-state index in [1.54, 1.807) is 6.92 Å². The van der Waals surface area contributed by atoms with E-state index in [9.17, 15) is 44.7 Å². The Labute approximate surface area is 312 Å². The molecular weight excluding hydrogens is 712 g/mol. The number of epoxide rings is 2. The Morgan fingerprint density at radius 1 is 0.944 bits per heavy atom. The molecule has 300 valence electrons. The smallest absolute Gasteiger partial charge is 0.336 e. The Bertz CT molecular complexity index is 1630. The highest BCUT2D eigenvalue weighted by Crippen LogP contribution is 2.74. The standard InChI is InChI=1S/C38H52O16/c1-13-7-21(52-34(46)17(13)12-48-35-29(45)28(44)27(43)23(11-39)53-35)14(2)26-20(42)8-18-25-19(9-24(36(18,26)5)49-15(3)40)37(6)32(50-16(4)41)30-22(51-30)10-38(37,47)33-31(25)54-33/h14,18-19,21-33,35,39,43-45,47H,7-12H2,1-6H3/t14-,18+,19+,21-,22+,23-,24+,25+,26+,27-,28+,29-,30+,31+,32+,33+,35-,36-,37+,38+/m1/s1. The monoisotopic (exact) mass is 764 g/mol. The lowest BCUT2D eigenvalue weighted by Crippen LogP contribution is -2.72. The van der Waals surface area contributed by atoms with Crippen LogP contribution in [-0.4, -0.2) is 141 Å². The topological polar surface area (TPSA) is 241 Å². The molecule has 0 bridgehead atoms. The summed E-state index contributed by atoms with van der Waals surface area (Å²) in [5.74, 6) is -3.83. The molecule has 4 aliphatic heterocycles. The van der Waals surface area contributed by atoms with Gasteiger partial charge in [-0.1, -0.05) is 26.3 Å². The van der Waals surface area contributed by atoms with Crippen molar-refractivity contribution >= 4 is 23.7 Å². The molecular formula is C38H52O16. The quantitative estimate of drug-likeness (QED) is 0.119. The summed E-state index contributed by atoms with van der Waals surface area (Å²) in [5.41, 5.74) is -2.49. The Balaban J connectivity index is 1.06. The molecule has 16 nitrogen and oxygen atoms in total. The predicted molar refractivity (Wildman–Crippen MR) is 178 cm³/mol. The molecule has 4 heterocycles. The van der Waals surface area contributed by atoms with Crippen LogP contribution >= 0.6 is 0 Å². The molecule has 0 unspecified atom stereocenters. The highest BCUT2D eigenvalue weighted by atomic mass is 16.7. The molecule has 4 saturated carbocycles. The largest absolute Gasteiger partial charge is 0.462 e. The zero-order valence-electron chi connectivity index (χ0n) is 31.3. The van der Waals surface area contributed by atoms with Gasteiger partial charge in [-0.2, -0.15) is 0 Å². The number of aliphatic hydroxyl groups excluding tert-OH is 4. The van der Waals surface area contributed by atoms with Crippen LogP contribution in [0.15, 0.2) is 11.1 Å². The third kappa shape index (κ3) is 5.41. The second kappa shape index (κ2) is 13.0. The van der Waals surface area contributed by atoms with Gasteiger partial charge in [-0.05, 0) is 31.1 Å². The van der Waals surface area contributed by atoms with Crippen LogP contribution in [0.5, 0.6) is 0 Å². The number of ether oxygens (including phenoxy) is 7. The first kappa shape index (κ1) is 38.3. The molecule has 0 aromatic heterocycles. The van der Waals surface area contributed by atoms with Crippen molar-refractivity contribution < 1.29 is 77.9 Å². The molecule has 0 radical (unpaired) electrons. The van der Waals surface area contributed by atoms with E-state index in [0.29, 0.717) is 12.0 Å². The number of ketones is 1. The molecule has 0 spiro atoms. The van der Waals surface area contributed by atoms with E-state index in [-0.39, 0.29) is 73.3 Å². The van der Waals surface area contributed by atoms with E-state index in [1.165, 1.54) is 13.8 Å². The van der Waals surface area contributed by atoms with Crippen molar-refractivity contribution in [3.05, 3.63) is 11.1 Å². The van der Waals surface area contributed by atoms with Crippen LogP contribution in [0.4, 0.5) is 0 Å². The van der Waals surface area contributed by atoms with E-state index >= 15 is 0 Å². The molecule has 3 saturated heterocycles. The van der Waals surface area contributed by atoms with Gasteiger partial charge in [0.05, 0.1) is 31.0 Å². The van der Waals surface area contributed by atoms with Crippen LogP contribution in [0.3, 0.4) is 0 Å². The first-order valence-corrected chi connectivity index (χ1v) is 19.1. The Hall–Kier alpha value is -2.54. The van der Waals surface area contributed by atoms with E-state index in [4.69, 9.17) is 33.2 Å². The van der Waals surface area contributed by atoms with E-state index in [0.717, 1.165) is 0 Å². The summed E-state index contributed by atoms with van der Waals surface area (Å²) in [7, 11) is 0. The maximum absolute atomic E-state index is 14.4. The number of rotatable bonds is 8. The molecule has 54 heavy (non-hydrogen) atoms. The fourth-order valence-electron chi connectivity index (χ4n) is 12.1. The number of carbonyl (C=O) groups is 4. The van der Waals surface area contributed by atoms with Crippen LogP contribution < -0.4 is 0 Å². The van der Waals surface area contributed by atoms with Crippen LogP contribution in [-0.2, 0) is 52.3 Å². The first-order valence-electron chi connectivity index (χ1n) is 19.1. The van der Waals surface area contributed by atoms with Gasteiger partial charge in [-0.3, -0.25) is 14.4 Å². The summed E-state index contributed by atoms with van der Waals surface area (Å²) in [6, 6.07) is 0. The average Bonchev–Trinajstić information content (AvgIpc) is 4.02. The van der Waals surface area contributed by atoms with Crippen LogP contribution in [0.2, 0.25) is 0 Å². The summed E-state index contributed by atoms with van der Waals surface area (Å²) in [6.07, 6.45) is -10.2. The summed E-state index contributed by atoms with van der Waals surface area (Å²) < 4.78 is 41.5. The fourth-order valence-corrected chi connectivity index (χ4v) is 12.1. The van der Waals surface area contributed by atoms with E-state index < -0.39 is 108 Å². The molecule has 0 aromatic rings. The molecule has 0 amide bonds. The lowest BCUT2D eigenvalue weighted by atomic mass is 9.41. The number of carbonyl (C=O) groups excluding carboxylic acids is 4. The van der Waals surface area contributed by atoms with Gasteiger partial charge in [0.25, 0.3) is 0 Å². The van der Waals surface area contributed by atoms with Crippen molar-refractivity contribution in [3.8, 4) is 0 Å². The number of cyclic esters (lactones) is 1. The maximum atomic E-state index is 14.4. The minimum atomic E-state index is -1.64. The van der Waals surface area contributed by atoms with Crippen LogP contribution in [0.1, 0.15) is 67.2 Å². The summed E-state index contributed by atoms with van der Waals surface area (Å²) in [6.45, 7) is 9.20. The van der Waals surface area contributed by atoms with E-state index in [2.05, 4.69) is 0 Å². The molecule has 16 heteroatoms. The average molecular weight is 765 g/mol. The summed E-state index contributed by atoms with van der Waals surface area (Å²) >= 11 is 0. The third-order valence-electron chi connectivity index (χ3n) is 14.9. The zero-order chi connectivity index (χ0) is 39.0. The van der Waals surface area contributed by atoms with Crippen LogP contribution in [0.25, 0.3) is 0 Å². The number of esters is 3. The third-order valence-corrected chi connectivity index (χ3v) is 14.9. The minimum absolute atomic E-state index is 0.0452. The SMILES string of the molecule is CC(=O)O[C@H]1C[C@H]2[C@@H]([C@@H]3O[C@@H]3[C@@]3(O)C[C@@H]4O[C@@H]4[C@H](OC(C)=O)[C@]23C)[C@@H]2CC(=O)[C@H]([C@H](C)[C@H]3CC(C)=C(CO[C@@H]4O[C@H](CO)[C@@H](O)[C@H](O)[C@H]4O)C(=O)O3)[C@@]12C. The van der Waals surface area contributed by atoms with Gasteiger partial charge < -0.3 is 58.7 Å². The minimum Gasteiger partial charge on any atom is -0.462 e.